The first-order valence-corrected chi connectivity index (χ1v) is 15.0. The van der Waals surface area contributed by atoms with Crippen LogP contribution in [0.1, 0.15) is 29.5 Å². The van der Waals surface area contributed by atoms with Crippen molar-refractivity contribution in [1.29, 1.82) is 0 Å². The normalized spacial score (nSPS) is 16.9. The molecule has 11 heteroatoms. The Morgan fingerprint density at radius 1 is 1.22 bits per heavy atom. The van der Waals surface area contributed by atoms with Crippen LogP contribution in [0.4, 0.5) is 5.13 Å². The van der Waals surface area contributed by atoms with Crippen molar-refractivity contribution in [3.05, 3.63) is 69.8 Å². The summed E-state index contributed by atoms with van der Waals surface area (Å²) in [6.45, 7) is 4.90. The van der Waals surface area contributed by atoms with Crippen LogP contribution in [-0.2, 0) is 21.4 Å². The van der Waals surface area contributed by atoms with E-state index in [0.717, 1.165) is 38.2 Å². The summed E-state index contributed by atoms with van der Waals surface area (Å²) in [4.78, 5) is 24.7. The monoisotopic (exact) mass is 560 g/mol. The summed E-state index contributed by atoms with van der Waals surface area (Å²) in [6, 6.07) is 11.0. The molecular weight excluding hydrogens is 536 g/mol. The molecule has 1 aliphatic rings. The van der Waals surface area contributed by atoms with E-state index in [1.54, 1.807) is 23.4 Å². The van der Waals surface area contributed by atoms with Gasteiger partial charge in [-0.25, -0.2) is 13.4 Å². The van der Waals surface area contributed by atoms with E-state index in [9.17, 15) is 13.2 Å². The minimum absolute atomic E-state index is 0.128. The molecule has 1 unspecified atom stereocenters. The number of anilines is 1. The summed E-state index contributed by atoms with van der Waals surface area (Å²) >= 11 is 8.51. The van der Waals surface area contributed by atoms with Crippen LogP contribution < -0.4 is 4.90 Å². The van der Waals surface area contributed by atoms with Crippen LogP contribution in [-0.4, -0.2) is 41.7 Å². The van der Waals surface area contributed by atoms with Crippen molar-refractivity contribution in [2.75, 3.05) is 18.0 Å². The van der Waals surface area contributed by atoms with Gasteiger partial charge in [0.2, 0.25) is 5.91 Å². The Hall–Kier alpha value is -2.37. The molecule has 1 amide bonds. The largest absolute Gasteiger partial charge is 0.283 e. The van der Waals surface area contributed by atoms with E-state index in [1.165, 1.54) is 21.7 Å². The molecule has 36 heavy (non-hydrogen) atoms. The Bertz CT molecular complexity index is 1520. The molecular formula is C25H25ClN4O3S3. The molecule has 3 aromatic heterocycles. The third-order valence-corrected chi connectivity index (χ3v) is 11.0. The first-order chi connectivity index (χ1) is 17.2. The molecule has 0 bridgehead atoms. The van der Waals surface area contributed by atoms with Crippen LogP contribution in [0.25, 0.3) is 10.2 Å². The van der Waals surface area contributed by atoms with Gasteiger partial charge in [-0.1, -0.05) is 35.1 Å². The van der Waals surface area contributed by atoms with Crippen molar-refractivity contribution >= 4 is 65.6 Å². The average Bonchev–Trinajstić information content (AvgIpc) is 3.50. The Morgan fingerprint density at radius 3 is 2.78 bits per heavy atom. The molecule has 4 heterocycles. The Kier molecular flexibility index (Phi) is 7.15. The topological polar surface area (TPSA) is 83.5 Å². The SMILES string of the molecule is Cc1cc(C)c2sc(N(Cc3cccnc3)C(=O)C3CCCN(S(=O)(=O)c4ccc(Cl)s4)C3)nc2c1. The fraction of sp³-hybridized carbons (Fsp3) is 0.320. The van der Waals surface area contributed by atoms with Crippen LogP contribution in [0.15, 0.2) is 53.0 Å². The van der Waals surface area contributed by atoms with Gasteiger partial charge in [0.1, 0.15) is 4.21 Å². The lowest BCUT2D eigenvalue weighted by atomic mass is 9.98. The fourth-order valence-electron chi connectivity index (χ4n) is 4.54. The minimum Gasteiger partial charge on any atom is -0.283 e. The number of aromatic nitrogens is 2. The highest BCUT2D eigenvalue weighted by atomic mass is 35.5. The van der Waals surface area contributed by atoms with Gasteiger partial charge in [0.05, 0.1) is 27.0 Å². The first kappa shape index (κ1) is 25.3. The zero-order chi connectivity index (χ0) is 25.4. The molecule has 0 N–H and O–H groups in total. The molecule has 0 spiro atoms. The van der Waals surface area contributed by atoms with Crippen LogP contribution in [0, 0.1) is 19.8 Å². The molecule has 0 saturated carbocycles. The van der Waals surface area contributed by atoms with Gasteiger partial charge in [-0.3, -0.25) is 14.7 Å². The maximum Gasteiger partial charge on any atom is 0.252 e. The van der Waals surface area contributed by atoms with Crippen molar-refractivity contribution in [2.24, 2.45) is 5.92 Å². The predicted octanol–water partition coefficient (Wildman–Crippen LogP) is 5.66. The van der Waals surface area contributed by atoms with Crippen molar-refractivity contribution in [3.63, 3.8) is 0 Å². The van der Waals surface area contributed by atoms with Crippen molar-refractivity contribution in [3.8, 4) is 0 Å². The molecule has 1 aromatic carbocycles. The van der Waals surface area contributed by atoms with Gasteiger partial charge in [0.15, 0.2) is 5.13 Å². The number of aryl methyl sites for hydroxylation is 2. The third kappa shape index (κ3) is 5.05. The van der Waals surface area contributed by atoms with Crippen molar-refractivity contribution in [2.45, 2.75) is 37.4 Å². The lowest BCUT2D eigenvalue weighted by molar-refractivity contribution is -0.123. The zero-order valence-electron chi connectivity index (χ0n) is 19.8. The lowest BCUT2D eigenvalue weighted by Gasteiger charge is -2.33. The second-order valence-electron chi connectivity index (χ2n) is 8.97. The Labute approximate surface area is 223 Å². The predicted molar refractivity (Wildman–Crippen MR) is 145 cm³/mol. The summed E-state index contributed by atoms with van der Waals surface area (Å²) in [7, 11) is -3.71. The van der Waals surface area contributed by atoms with Gasteiger partial charge in [0, 0.05) is 25.5 Å². The number of pyridine rings is 1. The number of rotatable bonds is 6. The lowest BCUT2D eigenvalue weighted by Crippen LogP contribution is -2.46. The smallest absolute Gasteiger partial charge is 0.252 e. The van der Waals surface area contributed by atoms with Gasteiger partial charge in [-0.15, -0.1) is 11.3 Å². The maximum absolute atomic E-state index is 14.0. The number of hydrogen-bond acceptors (Lipinski definition) is 7. The number of piperidine rings is 1. The summed E-state index contributed by atoms with van der Waals surface area (Å²) in [5.74, 6) is -0.605. The molecule has 7 nitrogen and oxygen atoms in total. The van der Waals surface area contributed by atoms with Gasteiger partial charge >= 0.3 is 0 Å². The molecule has 1 fully saturated rings. The molecule has 188 valence electrons. The summed E-state index contributed by atoms with van der Waals surface area (Å²) in [5.41, 5.74) is 3.97. The molecule has 1 saturated heterocycles. The number of benzene rings is 1. The summed E-state index contributed by atoms with van der Waals surface area (Å²) in [6.07, 6.45) is 4.65. The number of halogens is 1. The zero-order valence-corrected chi connectivity index (χ0v) is 23.1. The number of fused-ring (bicyclic) bond motifs is 1. The number of hydrogen-bond donors (Lipinski definition) is 0. The van der Waals surface area contributed by atoms with Gasteiger partial charge in [-0.05, 0) is 67.6 Å². The fourth-order valence-corrected chi connectivity index (χ4v) is 8.72. The van der Waals surface area contributed by atoms with E-state index >= 15 is 0 Å². The number of carbonyl (C=O) groups excluding carboxylic acids is 1. The molecule has 1 aliphatic heterocycles. The molecule has 0 radical (unpaired) electrons. The quantitative estimate of drug-likeness (QED) is 0.304. The van der Waals surface area contributed by atoms with Gasteiger partial charge in [0.25, 0.3) is 10.0 Å². The van der Waals surface area contributed by atoms with Crippen LogP contribution in [0.5, 0.6) is 0 Å². The van der Waals surface area contributed by atoms with E-state index in [-0.39, 0.29) is 16.7 Å². The molecule has 0 aliphatic carbocycles. The van der Waals surface area contributed by atoms with Crippen LogP contribution >= 0.6 is 34.3 Å². The summed E-state index contributed by atoms with van der Waals surface area (Å²) in [5, 5.41) is 0.609. The number of thiazole rings is 1. The second-order valence-corrected chi connectivity index (χ2v) is 13.8. The van der Waals surface area contributed by atoms with Crippen LogP contribution in [0.2, 0.25) is 4.34 Å². The first-order valence-electron chi connectivity index (χ1n) is 11.6. The average molecular weight is 561 g/mol. The van der Waals surface area contributed by atoms with Crippen molar-refractivity contribution < 1.29 is 13.2 Å². The molecule has 1 atom stereocenters. The third-order valence-electron chi connectivity index (χ3n) is 6.25. The van der Waals surface area contributed by atoms with E-state index in [0.29, 0.717) is 35.4 Å². The number of carbonyl (C=O) groups is 1. The highest BCUT2D eigenvalue weighted by Gasteiger charge is 2.37. The van der Waals surface area contributed by atoms with Gasteiger partial charge in [-0.2, -0.15) is 4.31 Å². The van der Waals surface area contributed by atoms with Crippen LogP contribution in [0.3, 0.4) is 0 Å². The maximum atomic E-state index is 14.0. The highest BCUT2D eigenvalue weighted by molar-refractivity contribution is 7.91. The van der Waals surface area contributed by atoms with E-state index in [4.69, 9.17) is 16.6 Å². The van der Waals surface area contributed by atoms with E-state index < -0.39 is 15.9 Å². The van der Waals surface area contributed by atoms with Crippen molar-refractivity contribution in [1.82, 2.24) is 14.3 Å². The van der Waals surface area contributed by atoms with E-state index in [1.807, 2.05) is 32.0 Å². The minimum atomic E-state index is -3.71. The Morgan fingerprint density at radius 2 is 2.06 bits per heavy atom. The number of thiophene rings is 1. The molecule has 4 aromatic rings. The number of amides is 1. The van der Waals surface area contributed by atoms with E-state index in [2.05, 4.69) is 11.1 Å². The van der Waals surface area contributed by atoms with Gasteiger partial charge < -0.3 is 0 Å². The number of nitrogens with zero attached hydrogens (tertiary/aromatic N) is 4. The summed E-state index contributed by atoms with van der Waals surface area (Å²) < 4.78 is 29.5. The highest BCUT2D eigenvalue weighted by Crippen LogP contribution is 2.35. The molecule has 5 rings (SSSR count). The second kappa shape index (κ2) is 10.2. The standard InChI is InChI=1S/C25H25ClN4O3S3/c1-16-11-17(2)23-20(12-16)28-25(35-23)30(14-18-5-3-9-27-13-18)24(31)19-6-4-10-29(15-19)36(32,33)22-8-7-21(26)34-22/h3,5,7-9,11-13,19H,4,6,10,14-15H2,1-2H3. The number of sulfonamides is 1. The Balaban J connectivity index is 1.47.